The highest BCUT2D eigenvalue weighted by Gasteiger charge is 2.09. The van der Waals surface area contributed by atoms with Crippen LogP contribution in [-0.4, -0.2) is 63.3 Å². The molecule has 0 spiro atoms. The molecule has 2 heterocycles. The van der Waals surface area contributed by atoms with E-state index in [1.54, 1.807) is 0 Å². The number of rotatable bonds is 10. The van der Waals surface area contributed by atoms with Gasteiger partial charge in [-0.25, -0.2) is 0 Å². The molecule has 1 unspecified atom stereocenters. The lowest BCUT2D eigenvalue weighted by atomic mass is 10.1. The van der Waals surface area contributed by atoms with Crippen molar-refractivity contribution in [2.45, 2.75) is 33.1 Å². The normalized spacial score (nSPS) is 16.8. The number of unbranched alkanes of at least 4 members (excludes halogenated alkanes) is 1. The summed E-state index contributed by atoms with van der Waals surface area (Å²) in [7, 11) is 0. The Morgan fingerprint density at radius 1 is 1.31 bits per heavy atom. The van der Waals surface area contributed by atoms with E-state index in [1.165, 1.54) is 24.3 Å². The number of hydrogen-bond acceptors (Lipinski definition) is 4. The van der Waals surface area contributed by atoms with Crippen molar-refractivity contribution in [1.29, 1.82) is 0 Å². The molecule has 1 saturated heterocycles. The highest BCUT2D eigenvalue weighted by atomic mass is 127. The predicted octanol–water partition coefficient (Wildman–Crippen LogP) is 3.21. The number of thiophene rings is 1. The maximum Gasteiger partial charge on any atom is 0.191 e. The summed E-state index contributed by atoms with van der Waals surface area (Å²) < 4.78 is 5.39. The number of aliphatic imine (C=N–C) groups is 1. The molecule has 5 nitrogen and oxygen atoms in total. The first-order chi connectivity index (χ1) is 12.3. The van der Waals surface area contributed by atoms with Crippen molar-refractivity contribution in [3.63, 3.8) is 0 Å². The minimum absolute atomic E-state index is 0. The van der Waals surface area contributed by atoms with E-state index in [-0.39, 0.29) is 24.0 Å². The Kier molecular flexibility index (Phi) is 13.3. The summed E-state index contributed by atoms with van der Waals surface area (Å²) in [6.45, 7) is 12.3. The molecule has 1 aliphatic rings. The van der Waals surface area contributed by atoms with Gasteiger partial charge >= 0.3 is 0 Å². The molecule has 1 aromatic heterocycles. The molecule has 1 atom stereocenters. The summed E-state index contributed by atoms with van der Waals surface area (Å²) in [4.78, 5) is 8.70. The number of halogens is 1. The number of nitrogens with one attached hydrogen (secondary N) is 2. The fourth-order valence-corrected chi connectivity index (χ4v) is 3.79. The number of guanidine groups is 1. The fraction of sp³-hybridized carbons (Fsp3) is 0.737. The van der Waals surface area contributed by atoms with E-state index in [2.05, 4.69) is 46.9 Å². The van der Waals surface area contributed by atoms with Crippen LogP contribution < -0.4 is 10.6 Å². The van der Waals surface area contributed by atoms with Crippen LogP contribution in [0.2, 0.25) is 0 Å². The van der Waals surface area contributed by atoms with Crippen LogP contribution in [-0.2, 0) is 11.2 Å². The summed E-state index contributed by atoms with van der Waals surface area (Å²) in [5.74, 6) is 1.52. The van der Waals surface area contributed by atoms with Crippen molar-refractivity contribution in [2.24, 2.45) is 10.9 Å². The second-order valence-corrected chi connectivity index (χ2v) is 7.73. The molecule has 0 radical (unpaired) electrons. The molecule has 1 fully saturated rings. The van der Waals surface area contributed by atoms with Gasteiger partial charge in [0.15, 0.2) is 5.96 Å². The Balaban J connectivity index is 0.00000338. The van der Waals surface area contributed by atoms with Crippen LogP contribution in [0.4, 0.5) is 0 Å². The average molecular weight is 494 g/mol. The third-order valence-electron chi connectivity index (χ3n) is 4.33. The minimum Gasteiger partial charge on any atom is -0.379 e. The van der Waals surface area contributed by atoms with E-state index in [1.807, 2.05) is 11.3 Å². The molecule has 7 heteroatoms. The van der Waals surface area contributed by atoms with E-state index in [0.29, 0.717) is 5.92 Å². The maximum absolute atomic E-state index is 5.39. The predicted molar refractivity (Wildman–Crippen MR) is 123 cm³/mol. The monoisotopic (exact) mass is 494 g/mol. The van der Waals surface area contributed by atoms with E-state index in [4.69, 9.17) is 9.73 Å². The molecule has 2 N–H and O–H groups in total. The van der Waals surface area contributed by atoms with Crippen molar-refractivity contribution in [1.82, 2.24) is 15.5 Å². The fourth-order valence-electron chi connectivity index (χ4n) is 2.92. The Morgan fingerprint density at radius 2 is 2.12 bits per heavy atom. The molecule has 150 valence electrons. The quantitative estimate of drug-likeness (QED) is 0.227. The summed E-state index contributed by atoms with van der Waals surface area (Å²) >= 11 is 1.84. The van der Waals surface area contributed by atoms with E-state index >= 15 is 0 Å². The van der Waals surface area contributed by atoms with Gasteiger partial charge in [-0.2, -0.15) is 0 Å². The van der Waals surface area contributed by atoms with Crippen LogP contribution >= 0.6 is 35.3 Å². The van der Waals surface area contributed by atoms with Gasteiger partial charge in [-0.15, -0.1) is 35.3 Å². The zero-order valence-corrected chi connectivity index (χ0v) is 19.4. The third kappa shape index (κ3) is 10.1. The Bertz CT molecular complexity index is 478. The number of nitrogens with zero attached hydrogens (tertiary/aromatic N) is 2. The van der Waals surface area contributed by atoms with Crippen LogP contribution in [0.15, 0.2) is 22.5 Å². The first-order valence-corrected chi connectivity index (χ1v) is 10.5. The lowest BCUT2D eigenvalue weighted by Crippen LogP contribution is -2.39. The van der Waals surface area contributed by atoms with Gasteiger partial charge < -0.3 is 15.4 Å². The Labute approximate surface area is 180 Å². The van der Waals surface area contributed by atoms with Crippen molar-refractivity contribution in [3.05, 3.63) is 22.4 Å². The molecule has 2 rings (SSSR count). The summed E-state index contributed by atoms with van der Waals surface area (Å²) in [6, 6.07) is 4.33. The van der Waals surface area contributed by atoms with E-state index in [9.17, 15) is 0 Å². The molecule has 0 aromatic carbocycles. The molecule has 0 bridgehead atoms. The molecular weight excluding hydrogens is 459 g/mol. The van der Waals surface area contributed by atoms with Crippen molar-refractivity contribution in [3.8, 4) is 0 Å². The van der Waals surface area contributed by atoms with Gasteiger partial charge in [-0.05, 0) is 50.1 Å². The second kappa shape index (κ2) is 14.6. The number of ether oxygens (including phenoxy) is 1. The minimum atomic E-state index is 0. The van der Waals surface area contributed by atoms with Crippen molar-refractivity contribution < 1.29 is 4.74 Å². The molecule has 0 amide bonds. The van der Waals surface area contributed by atoms with Gasteiger partial charge in [-0.1, -0.05) is 13.0 Å². The topological polar surface area (TPSA) is 48.9 Å². The number of morpholine rings is 1. The van der Waals surface area contributed by atoms with Crippen molar-refractivity contribution in [2.75, 3.05) is 52.5 Å². The van der Waals surface area contributed by atoms with Crippen LogP contribution in [0.3, 0.4) is 0 Å². The summed E-state index contributed by atoms with van der Waals surface area (Å²) in [5.41, 5.74) is 0. The summed E-state index contributed by atoms with van der Waals surface area (Å²) in [6.07, 6.45) is 3.51. The average Bonchev–Trinajstić information content (AvgIpc) is 3.13. The van der Waals surface area contributed by atoms with Crippen LogP contribution in [0.1, 0.15) is 31.6 Å². The lowest BCUT2D eigenvalue weighted by molar-refractivity contribution is 0.0372. The van der Waals surface area contributed by atoms with Gasteiger partial charge in [0.2, 0.25) is 0 Å². The first kappa shape index (κ1) is 23.7. The molecule has 26 heavy (non-hydrogen) atoms. The Hall–Kier alpha value is -0.380. The molecule has 1 aliphatic heterocycles. The second-order valence-electron chi connectivity index (χ2n) is 6.70. The SMILES string of the molecule is CCNC(=NCC(C)Cc1cccs1)NCCCCN1CCOCC1.I. The van der Waals surface area contributed by atoms with Gasteiger partial charge in [-0.3, -0.25) is 9.89 Å². The largest absolute Gasteiger partial charge is 0.379 e. The zero-order chi connectivity index (χ0) is 17.7. The van der Waals surface area contributed by atoms with Crippen molar-refractivity contribution >= 4 is 41.3 Å². The van der Waals surface area contributed by atoms with Gasteiger partial charge in [0, 0.05) is 37.6 Å². The third-order valence-corrected chi connectivity index (χ3v) is 5.23. The number of hydrogen-bond donors (Lipinski definition) is 2. The van der Waals surface area contributed by atoms with Gasteiger partial charge in [0.1, 0.15) is 0 Å². The Morgan fingerprint density at radius 3 is 2.81 bits per heavy atom. The standard InChI is InChI=1S/C19H34N4OS.HI/c1-3-20-19(22-16-17(2)15-18-7-6-14-25-18)21-8-4-5-9-23-10-12-24-13-11-23;/h6-7,14,17H,3-5,8-13,15-16H2,1-2H3,(H2,20,21,22);1H. The van der Waals surface area contributed by atoms with Gasteiger partial charge in [0.05, 0.1) is 13.2 Å². The van der Waals surface area contributed by atoms with E-state index < -0.39 is 0 Å². The maximum atomic E-state index is 5.39. The highest BCUT2D eigenvalue weighted by Crippen LogP contribution is 2.14. The van der Waals surface area contributed by atoms with Crippen LogP contribution in [0.25, 0.3) is 0 Å². The van der Waals surface area contributed by atoms with Gasteiger partial charge in [0.25, 0.3) is 0 Å². The molecule has 0 saturated carbocycles. The summed E-state index contributed by atoms with van der Waals surface area (Å²) in [5, 5.41) is 8.97. The highest BCUT2D eigenvalue weighted by molar-refractivity contribution is 14.0. The zero-order valence-electron chi connectivity index (χ0n) is 16.2. The lowest BCUT2D eigenvalue weighted by Gasteiger charge is -2.26. The van der Waals surface area contributed by atoms with Crippen LogP contribution in [0.5, 0.6) is 0 Å². The molecular formula is C19H35IN4OS. The van der Waals surface area contributed by atoms with E-state index in [0.717, 1.165) is 58.3 Å². The first-order valence-electron chi connectivity index (χ1n) is 9.62. The molecule has 1 aromatic rings. The molecule has 0 aliphatic carbocycles. The van der Waals surface area contributed by atoms with Crippen LogP contribution in [0, 0.1) is 5.92 Å². The smallest absolute Gasteiger partial charge is 0.191 e.